The van der Waals surface area contributed by atoms with Crippen LogP contribution in [0.25, 0.3) is 99.8 Å². The second kappa shape index (κ2) is 10.3. The molecule has 7 aromatic carbocycles. The Hall–Kier alpha value is -6.85. The van der Waals surface area contributed by atoms with E-state index in [1.54, 1.807) is 0 Å². The zero-order chi connectivity index (χ0) is 32.8. The fraction of sp³-hybridized carbons (Fsp3) is 0. The smallest absolute Gasteiger partial charge is 0.166 e. The van der Waals surface area contributed by atoms with Crippen molar-refractivity contribution in [2.45, 2.75) is 0 Å². The third kappa shape index (κ3) is 3.74. The van der Waals surface area contributed by atoms with Gasteiger partial charge in [-0.3, -0.25) is 0 Å². The zero-order valence-corrected chi connectivity index (χ0v) is 26.8. The van der Waals surface area contributed by atoms with Crippen LogP contribution in [0, 0.1) is 0 Å². The van der Waals surface area contributed by atoms with Gasteiger partial charge in [-0.25, -0.2) is 15.0 Å². The SMILES string of the molecule is c1ccc(-c2nc(-c3ccccc3)nc(-c3ccccc3-n3c4cccc5c6ccccc6n6c7ccccc7c7ccc3c(c54)c76)n2)cc1. The van der Waals surface area contributed by atoms with E-state index in [2.05, 4.69) is 136 Å². The van der Waals surface area contributed by atoms with E-state index in [-0.39, 0.29) is 0 Å². The topological polar surface area (TPSA) is 48.0 Å². The largest absolute Gasteiger partial charge is 0.308 e. The van der Waals surface area contributed by atoms with Gasteiger partial charge in [0.2, 0.25) is 0 Å². The Morgan fingerprint density at radius 3 is 1.56 bits per heavy atom. The number of para-hydroxylation sites is 3. The maximum Gasteiger partial charge on any atom is 0.166 e. The van der Waals surface area contributed by atoms with Crippen molar-refractivity contribution < 1.29 is 0 Å². The molecule has 0 fully saturated rings. The van der Waals surface area contributed by atoms with Crippen molar-refractivity contribution in [2.24, 2.45) is 0 Å². The molecule has 0 amide bonds. The lowest BCUT2D eigenvalue weighted by Gasteiger charge is -2.15. The monoisotopic (exact) mass is 637 g/mol. The van der Waals surface area contributed by atoms with E-state index in [0.29, 0.717) is 17.5 Å². The number of hydrogen-bond donors (Lipinski definition) is 0. The zero-order valence-electron chi connectivity index (χ0n) is 26.8. The number of aromatic nitrogens is 5. The van der Waals surface area contributed by atoms with Gasteiger partial charge in [-0.1, -0.05) is 127 Å². The summed E-state index contributed by atoms with van der Waals surface area (Å²) in [4.78, 5) is 15.2. The van der Waals surface area contributed by atoms with Crippen LogP contribution in [0.4, 0.5) is 0 Å². The molecule has 0 aliphatic heterocycles. The summed E-state index contributed by atoms with van der Waals surface area (Å²) in [6, 6.07) is 57.7. The van der Waals surface area contributed by atoms with Gasteiger partial charge in [-0.2, -0.15) is 0 Å². The van der Waals surface area contributed by atoms with Crippen LogP contribution in [0.2, 0.25) is 0 Å². The van der Waals surface area contributed by atoms with Crippen LogP contribution in [0.5, 0.6) is 0 Å². The molecule has 0 aliphatic rings. The molecule has 50 heavy (non-hydrogen) atoms. The summed E-state index contributed by atoms with van der Waals surface area (Å²) in [5, 5.41) is 7.47. The minimum atomic E-state index is 0.632. The van der Waals surface area contributed by atoms with Crippen LogP contribution in [-0.4, -0.2) is 23.9 Å². The molecular weight excluding hydrogens is 611 g/mol. The first-order chi connectivity index (χ1) is 24.8. The number of benzene rings is 7. The van der Waals surface area contributed by atoms with Crippen molar-refractivity contribution in [1.82, 2.24) is 23.9 Å². The maximum absolute atomic E-state index is 5.14. The molecule has 0 atom stereocenters. The van der Waals surface area contributed by atoms with Crippen LogP contribution in [0.3, 0.4) is 0 Å². The lowest BCUT2D eigenvalue weighted by molar-refractivity contribution is 1.06. The van der Waals surface area contributed by atoms with E-state index in [9.17, 15) is 0 Å². The van der Waals surface area contributed by atoms with Crippen molar-refractivity contribution >= 4 is 59.9 Å². The molecule has 0 spiro atoms. The Morgan fingerprint density at radius 2 is 0.860 bits per heavy atom. The molecule has 0 saturated carbocycles. The minimum absolute atomic E-state index is 0.632. The first kappa shape index (κ1) is 27.1. The van der Waals surface area contributed by atoms with Gasteiger partial charge in [-0.05, 0) is 41.8 Å². The highest BCUT2D eigenvalue weighted by molar-refractivity contribution is 6.33. The molecule has 0 N–H and O–H groups in total. The average molecular weight is 638 g/mol. The second-order valence-electron chi connectivity index (χ2n) is 12.8. The number of rotatable bonds is 4. The molecule has 5 nitrogen and oxygen atoms in total. The van der Waals surface area contributed by atoms with Crippen LogP contribution in [-0.2, 0) is 0 Å². The summed E-state index contributed by atoms with van der Waals surface area (Å²) >= 11 is 0. The highest BCUT2D eigenvalue weighted by Crippen LogP contribution is 2.46. The van der Waals surface area contributed by atoms with Gasteiger partial charge in [-0.15, -0.1) is 0 Å². The van der Waals surface area contributed by atoms with Crippen molar-refractivity contribution in [3.8, 4) is 39.9 Å². The van der Waals surface area contributed by atoms with Gasteiger partial charge in [0, 0.05) is 43.6 Å². The molecular formula is C45H27N5. The molecule has 4 heterocycles. The molecule has 11 aromatic rings. The normalized spacial score (nSPS) is 12.0. The third-order valence-corrected chi connectivity index (χ3v) is 10.1. The Kier molecular flexibility index (Phi) is 5.60. The van der Waals surface area contributed by atoms with Crippen molar-refractivity contribution in [3.63, 3.8) is 0 Å². The quantitative estimate of drug-likeness (QED) is 0.193. The van der Waals surface area contributed by atoms with E-state index in [0.717, 1.165) is 33.4 Å². The Balaban J connectivity index is 1.28. The molecule has 5 heteroatoms. The Morgan fingerprint density at radius 1 is 0.340 bits per heavy atom. The van der Waals surface area contributed by atoms with Crippen molar-refractivity contribution in [2.75, 3.05) is 0 Å². The van der Waals surface area contributed by atoms with Gasteiger partial charge in [0.05, 0.1) is 33.3 Å². The Bertz CT molecular complexity index is 3030. The maximum atomic E-state index is 5.14. The highest BCUT2D eigenvalue weighted by atomic mass is 15.1. The molecule has 0 saturated heterocycles. The van der Waals surface area contributed by atoms with Crippen LogP contribution < -0.4 is 0 Å². The lowest BCUT2D eigenvalue weighted by Crippen LogP contribution is -2.03. The molecule has 0 radical (unpaired) electrons. The van der Waals surface area contributed by atoms with Crippen LogP contribution in [0.1, 0.15) is 0 Å². The van der Waals surface area contributed by atoms with E-state index < -0.39 is 0 Å². The van der Waals surface area contributed by atoms with Crippen LogP contribution >= 0.6 is 0 Å². The summed E-state index contributed by atoms with van der Waals surface area (Å²) in [7, 11) is 0. The second-order valence-corrected chi connectivity index (χ2v) is 12.8. The lowest BCUT2D eigenvalue weighted by atomic mass is 10.0. The fourth-order valence-corrected chi connectivity index (χ4v) is 8.02. The van der Waals surface area contributed by atoms with Gasteiger partial charge < -0.3 is 8.97 Å². The van der Waals surface area contributed by atoms with E-state index >= 15 is 0 Å². The fourth-order valence-electron chi connectivity index (χ4n) is 8.02. The number of nitrogens with zero attached hydrogens (tertiary/aromatic N) is 5. The van der Waals surface area contributed by atoms with E-state index in [1.165, 1.54) is 48.9 Å². The summed E-state index contributed by atoms with van der Waals surface area (Å²) in [5.41, 5.74) is 9.79. The summed E-state index contributed by atoms with van der Waals surface area (Å²) in [6.45, 7) is 0. The van der Waals surface area contributed by atoms with Crippen molar-refractivity contribution in [1.29, 1.82) is 0 Å². The first-order valence-electron chi connectivity index (χ1n) is 16.9. The molecule has 0 aliphatic carbocycles. The summed E-state index contributed by atoms with van der Waals surface area (Å²) in [6.07, 6.45) is 0. The standard InChI is InChI=1S/C45H27N5/c1-3-14-28(15-4-1)43-46-44(29-16-5-2-6-17-29)48-45(47-43)34-20-9-12-24-37(34)49-38-25-13-21-32-30-18-7-10-22-35(30)50-36-23-11-8-19-31(36)33-26-27-39(49)41(40(32)38)42(33)50/h1-27H. The first-order valence-corrected chi connectivity index (χ1v) is 16.9. The predicted molar refractivity (Wildman–Crippen MR) is 205 cm³/mol. The highest BCUT2D eigenvalue weighted by Gasteiger charge is 2.24. The molecule has 232 valence electrons. The van der Waals surface area contributed by atoms with Gasteiger partial charge in [0.1, 0.15) is 0 Å². The molecule has 0 bridgehead atoms. The Labute approximate surface area is 286 Å². The van der Waals surface area contributed by atoms with Crippen LogP contribution in [0.15, 0.2) is 164 Å². The molecule has 4 aromatic heterocycles. The average Bonchev–Trinajstić information content (AvgIpc) is 3.67. The van der Waals surface area contributed by atoms with E-state index in [4.69, 9.17) is 15.0 Å². The molecule has 0 unspecified atom stereocenters. The summed E-state index contributed by atoms with van der Waals surface area (Å²) < 4.78 is 4.88. The minimum Gasteiger partial charge on any atom is -0.308 e. The predicted octanol–water partition coefficient (Wildman–Crippen LogP) is 11.1. The van der Waals surface area contributed by atoms with Gasteiger partial charge in [0.25, 0.3) is 0 Å². The molecule has 11 rings (SSSR count). The summed E-state index contributed by atoms with van der Waals surface area (Å²) in [5.74, 6) is 1.92. The number of fused-ring (bicyclic) bond motifs is 6. The van der Waals surface area contributed by atoms with E-state index in [1.807, 2.05) is 36.4 Å². The number of hydrogen-bond acceptors (Lipinski definition) is 3. The van der Waals surface area contributed by atoms with Gasteiger partial charge >= 0.3 is 0 Å². The van der Waals surface area contributed by atoms with Gasteiger partial charge in [0.15, 0.2) is 17.5 Å². The van der Waals surface area contributed by atoms with Crippen molar-refractivity contribution in [3.05, 3.63) is 164 Å². The third-order valence-electron chi connectivity index (χ3n) is 10.1.